The molecule has 2 aliphatic carbocycles. The molecule has 0 radical (unpaired) electrons. The minimum absolute atomic E-state index is 0.00433. The van der Waals surface area contributed by atoms with Crippen LogP contribution in [-0.2, 0) is 19.9 Å². The summed E-state index contributed by atoms with van der Waals surface area (Å²) in [7, 11) is 0. The fraction of sp³-hybridized carbons (Fsp3) is 0.441. The van der Waals surface area contributed by atoms with Gasteiger partial charge in [-0.05, 0) is 92.3 Å². The summed E-state index contributed by atoms with van der Waals surface area (Å²) in [5.41, 5.74) is 0.739. The Hall–Kier alpha value is -5.03. The van der Waals surface area contributed by atoms with Crippen molar-refractivity contribution in [3.8, 4) is 6.01 Å². The van der Waals surface area contributed by atoms with E-state index in [4.69, 9.17) is 16.3 Å². The number of benzene rings is 2. The molecule has 2 atom stereocenters. The topological polar surface area (TPSA) is 205 Å². The fourth-order valence-electron chi connectivity index (χ4n) is 5.60. The van der Waals surface area contributed by atoms with Crippen LogP contribution in [0.1, 0.15) is 60.9 Å². The van der Waals surface area contributed by atoms with Gasteiger partial charge in [-0.25, -0.2) is 4.79 Å². The fourth-order valence-corrected chi connectivity index (χ4v) is 5.73. The van der Waals surface area contributed by atoms with Crippen LogP contribution in [0.5, 0.6) is 6.01 Å². The van der Waals surface area contributed by atoms with E-state index in [-0.39, 0.29) is 49.4 Å². The molecule has 1 unspecified atom stereocenters. The molecule has 278 valence electrons. The van der Waals surface area contributed by atoms with Crippen LogP contribution < -0.4 is 26.0 Å². The van der Waals surface area contributed by atoms with Gasteiger partial charge in [0.25, 0.3) is 11.8 Å². The second kappa shape index (κ2) is 16.5. The van der Waals surface area contributed by atoms with Crippen molar-refractivity contribution < 1.29 is 47.3 Å². The van der Waals surface area contributed by atoms with Crippen LogP contribution in [0.3, 0.4) is 0 Å². The first-order chi connectivity index (χ1) is 24.7. The molecule has 1 heterocycles. The third kappa shape index (κ3) is 11.0. The number of alkyl halides is 3. The van der Waals surface area contributed by atoms with E-state index < -0.39 is 53.9 Å². The van der Waals surface area contributed by atoms with Crippen LogP contribution in [0.25, 0.3) is 0 Å². The van der Waals surface area contributed by atoms with Crippen LogP contribution >= 0.6 is 11.6 Å². The van der Waals surface area contributed by atoms with Crippen molar-refractivity contribution in [2.24, 2.45) is 11.8 Å². The molecule has 5 rings (SSSR count). The predicted octanol–water partition coefficient (Wildman–Crippen LogP) is 4.37. The van der Waals surface area contributed by atoms with Gasteiger partial charge < -0.3 is 36.2 Å². The van der Waals surface area contributed by atoms with E-state index in [1.165, 1.54) is 24.3 Å². The number of aliphatic carboxylic acids is 1. The van der Waals surface area contributed by atoms with Gasteiger partial charge in [0.15, 0.2) is 6.61 Å². The molecule has 0 spiro atoms. The van der Waals surface area contributed by atoms with E-state index >= 15 is 0 Å². The van der Waals surface area contributed by atoms with E-state index in [2.05, 4.69) is 36.2 Å². The zero-order valence-corrected chi connectivity index (χ0v) is 28.5. The summed E-state index contributed by atoms with van der Waals surface area (Å²) < 4.78 is 43.6. The number of amides is 2. The van der Waals surface area contributed by atoms with Gasteiger partial charge in [-0.15, -0.1) is 0 Å². The number of ether oxygens (including phenoxy) is 1. The van der Waals surface area contributed by atoms with Gasteiger partial charge in [0, 0.05) is 35.8 Å². The van der Waals surface area contributed by atoms with Crippen LogP contribution in [0.15, 0.2) is 48.5 Å². The van der Waals surface area contributed by atoms with Crippen molar-refractivity contribution in [3.63, 3.8) is 0 Å². The number of aliphatic hydroxyl groups excluding tert-OH is 1. The highest BCUT2D eigenvalue weighted by Crippen LogP contribution is 2.48. The Morgan fingerprint density at radius 1 is 0.962 bits per heavy atom. The molecule has 0 aliphatic heterocycles. The SMILES string of the molecule is O=C(CC(CCO)C1CC1)C(=O)NCC[C@H](NC(=O)c1ccc(Nc2nc(NC3(c4ccc(Cl)cc4)CC3)nc(OCC(F)(F)F)n2)cc1)C(=O)O. The number of hydrogen-bond donors (Lipinski definition) is 6. The number of hydrogen-bond acceptors (Lipinski definition) is 11. The third-order valence-electron chi connectivity index (χ3n) is 8.69. The zero-order valence-electron chi connectivity index (χ0n) is 27.7. The number of carboxylic acid groups (broad SMARTS) is 1. The molecule has 0 saturated heterocycles. The highest BCUT2D eigenvalue weighted by atomic mass is 35.5. The number of rotatable bonds is 19. The van der Waals surface area contributed by atoms with E-state index in [1.54, 1.807) is 12.1 Å². The number of Topliss-reactive ketones (excluding diaryl/α,β-unsaturated/α-hetero) is 1. The number of ketones is 1. The van der Waals surface area contributed by atoms with Gasteiger partial charge in [0.05, 0.1) is 5.54 Å². The second-order valence-electron chi connectivity index (χ2n) is 12.7. The van der Waals surface area contributed by atoms with Crippen LogP contribution in [0, 0.1) is 11.8 Å². The van der Waals surface area contributed by atoms with E-state index in [0.717, 1.165) is 18.4 Å². The average Bonchev–Trinajstić information content (AvgIpc) is 4.04. The van der Waals surface area contributed by atoms with Crippen molar-refractivity contribution in [2.45, 2.75) is 62.7 Å². The summed E-state index contributed by atoms with van der Waals surface area (Å²) in [5.74, 6) is -3.52. The highest BCUT2D eigenvalue weighted by Gasteiger charge is 2.45. The molecule has 2 saturated carbocycles. The van der Waals surface area contributed by atoms with Gasteiger partial charge in [-0.3, -0.25) is 14.4 Å². The number of carbonyl (C=O) groups is 4. The quantitative estimate of drug-likeness (QED) is 0.0947. The van der Waals surface area contributed by atoms with Crippen molar-refractivity contribution >= 4 is 52.8 Å². The minimum atomic E-state index is -4.64. The first kappa shape index (κ1) is 38.2. The maximum Gasteiger partial charge on any atom is 0.422 e. The first-order valence-electron chi connectivity index (χ1n) is 16.6. The first-order valence-corrected chi connectivity index (χ1v) is 16.9. The zero-order chi connectivity index (χ0) is 37.5. The van der Waals surface area contributed by atoms with Gasteiger partial charge in [0.1, 0.15) is 6.04 Å². The summed E-state index contributed by atoms with van der Waals surface area (Å²) in [4.78, 5) is 61.6. The summed E-state index contributed by atoms with van der Waals surface area (Å²) in [6.07, 6.45) is -1.09. The Labute approximate surface area is 300 Å². The maximum absolute atomic E-state index is 12.9. The van der Waals surface area contributed by atoms with Crippen LogP contribution in [-0.4, -0.2) is 80.7 Å². The lowest BCUT2D eigenvalue weighted by Crippen LogP contribution is -2.43. The molecule has 2 aromatic carbocycles. The number of anilines is 3. The highest BCUT2D eigenvalue weighted by molar-refractivity contribution is 6.36. The molecular weight excluding hydrogens is 711 g/mol. The van der Waals surface area contributed by atoms with Crippen molar-refractivity contribution in [1.82, 2.24) is 25.6 Å². The van der Waals surface area contributed by atoms with E-state index in [1.807, 2.05) is 12.1 Å². The summed E-state index contributed by atoms with van der Waals surface area (Å²) >= 11 is 6.01. The molecule has 18 heteroatoms. The molecule has 1 aromatic heterocycles. The van der Waals surface area contributed by atoms with Gasteiger partial charge in [-0.1, -0.05) is 23.7 Å². The Kier molecular flexibility index (Phi) is 12.2. The molecule has 52 heavy (non-hydrogen) atoms. The average molecular weight is 748 g/mol. The monoisotopic (exact) mass is 747 g/mol. The minimum Gasteiger partial charge on any atom is -0.480 e. The number of aliphatic hydroxyl groups is 1. The van der Waals surface area contributed by atoms with Crippen LogP contribution in [0.4, 0.5) is 30.8 Å². The molecular formula is C34H37ClF3N7O7. The number of nitrogens with zero attached hydrogens (tertiary/aromatic N) is 3. The number of carboxylic acids is 1. The largest absolute Gasteiger partial charge is 0.480 e. The molecule has 3 aromatic rings. The third-order valence-corrected chi connectivity index (χ3v) is 8.94. The Bertz CT molecular complexity index is 1760. The molecule has 14 nitrogen and oxygen atoms in total. The van der Waals surface area contributed by atoms with Crippen molar-refractivity contribution in [2.75, 3.05) is 30.4 Å². The van der Waals surface area contributed by atoms with Crippen LogP contribution in [0.2, 0.25) is 5.02 Å². The molecule has 2 amide bonds. The summed E-state index contributed by atoms with van der Waals surface area (Å²) in [6.45, 7) is -1.89. The Morgan fingerprint density at radius 2 is 1.63 bits per heavy atom. The lowest BCUT2D eigenvalue weighted by Gasteiger charge is -2.19. The van der Waals surface area contributed by atoms with E-state index in [9.17, 15) is 42.6 Å². The van der Waals surface area contributed by atoms with Gasteiger partial charge in [0.2, 0.25) is 17.7 Å². The number of halogens is 4. The van der Waals surface area contributed by atoms with Crippen molar-refractivity contribution in [3.05, 3.63) is 64.7 Å². The molecule has 2 fully saturated rings. The predicted molar refractivity (Wildman–Crippen MR) is 181 cm³/mol. The summed E-state index contributed by atoms with van der Waals surface area (Å²) in [6, 6.07) is 10.8. The standard InChI is InChI=1S/C34H37ClF3N7O7/c35-23-7-5-22(6-8-23)33(13-14-33)45-31-42-30(43-32(44-31)52-18-34(36,37)38)40-24-9-3-20(4-10-24)27(48)41-25(29(50)51)11-15-39-28(49)26(47)17-21(12-16-46)19-1-2-19/h3-10,19,21,25,46H,1-2,11-18H2,(H,39,49)(H,41,48)(H,50,51)(H2,40,42,43,44,45)/t21?,25-/m0/s1. The Morgan fingerprint density at radius 3 is 2.23 bits per heavy atom. The molecule has 2 aliphatic rings. The lowest BCUT2D eigenvalue weighted by atomic mass is 9.94. The number of nitrogens with one attached hydrogen (secondary N) is 4. The second-order valence-corrected chi connectivity index (χ2v) is 13.2. The molecule has 0 bridgehead atoms. The number of carbonyl (C=O) groups excluding carboxylic acids is 3. The lowest BCUT2D eigenvalue weighted by molar-refractivity contribution is -0.154. The normalized spacial score (nSPS) is 15.9. The van der Waals surface area contributed by atoms with Crippen molar-refractivity contribution in [1.29, 1.82) is 0 Å². The summed E-state index contributed by atoms with van der Waals surface area (Å²) in [5, 5.41) is 30.2. The van der Waals surface area contributed by atoms with Gasteiger partial charge >= 0.3 is 18.2 Å². The van der Waals surface area contributed by atoms with Gasteiger partial charge in [-0.2, -0.15) is 28.1 Å². The Balaban J connectivity index is 1.18. The molecule has 6 N–H and O–H groups in total. The van der Waals surface area contributed by atoms with E-state index in [0.29, 0.717) is 35.9 Å². The number of aromatic nitrogens is 3. The smallest absolute Gasteiger partial charge is 0.422 e. The maximum atomic E-state index is 12.9.